The van der Waals surface area contributed by atoms with E-state index in [0.717, 1.165) is 21.5 Å². The van der Waals surface area contributed by atoms with Crippen molar-refractivity contribution >= 4 is 33.4 Å². The molecule has 170 valence electrons. The molecule has 2 heterocycles. The van der Waals surface area contributed by atoms with E-state index in [1.807, 2.05) is 6.92 Å². The molecule has 0 aliphatic carbocycles. The van der Waals surface area contributed by atoms with Crippen LogP contribution in [0.5, 0.6) is 5.75 Å². The topological polar surface area (TPSA) is 85.3 Å². The molecule has 2 aromatic carbocycles. The lowest BCUT2D eigenvalue weighted by Gasteiger charge is -2.14. The Balaban J connectivity index is 1.40. The number of fused-ring (bicyclic) bond motifs is 1. The molecule has 0 saturated heterocycles. The van der Waals surface area contributed by atoms with Crippen LogP contribution in [-0.4, -0.2) is 27.7 Å². The zero-order valence-corrected chi connectivity index (χ0v) is 18.6. The first-order valence-electron chi connectivity index (χ1n) is 10.0. The van der Waals surface area contributed by atoms with Gasteiger partial charge >= 0.3 is 0 Å². The zero-order chi connectivity index (χ0) is 23.5. The molecule has 7 nitrogen and oxygen atoms in total. The van der Waals surface area contributed by atoms with Crippen LogP contribution in [0.3, 0.4) is 0 Å². The summed E-state index contributed by atoms with van der Waals surface area (Å²) in [4.78, 5) is 26.0. The number of rotatable bonds is 6. The highest BCUT2D eigenvalue weighted by Gasteiger charge is 2.19. The minimum Gasteiger partial charge on any atom is -0.481 e. The minimum atomic E-state index is -0.912. The maximum absolute atomic E-state index is 13.2. The van der Waals surface area contributed by atoms with E-state index in [2.05, 4.69) is 16.0 Å². The molecule has 2 N–H and O–H groups in total. The Kier molecular flexibility index (Phi) is 6.36. The van der Waals surface area contributed by atoms with E-state index in [4.69, 9.17) is 4.74 Å². The van der Waals surface area contributed by atoms with E-state index in [0.29, 0.717) is 17.2 Å². The van der Waals surface area contributed by atoms with Gasteiger partial charge in [0, 0.05) is 5.39 Å². The van der Waals surface area contributed by atoms with Crippen molar-refractivity contribution in [1.29, 1.82) is 0 Å². The molecule has 10 heteroatoms. The van der Waals surface area contributed by atoms with Crippen molar-refractivity contribution < 1.29 is 23.1 Å². The fourth-order valence-corrected chi connectivity index (χ4v) is 4.20. The molecule has 4 rings (SSSR count). The second kappa shape index (κ2) is 9.37. The molecule has 2 aromatic heterocycles. The summed E-state index contributed by atoms with van der Waals surface area (Å²) in [5.74, 6) is -1.43. The van der Waals surface area contributed by atoms with Crippen molar-refractivity contribution in [3.8, 4) is 5.75 Å². The Morgan fingerprint density at radius 3 is 2.36 bits per heavy atom. The number of amides is 2. The lowest BCUT2D eigenvalue weighted by atomic mass is 10.2. The van der Waals surface area contributed by atoms with Gasteiger partial charge in [0.2, 0.25) is 0 Å². The Hall–Kier alpha value is -3.79. The molecular formula is C23H20F2N4O3S. The monoisotopic (exact) mass is 470 g/mol. The van der Waals surface area contributed by atoms with E-state index in [1.54, 1.807) is 22.9 Å². The normalized spacial score (nSPS) is 11.9. The van der Waals surface area contributed by atoms with Gasteiger partial charge in [-0.25, -0.2) is 8.78 Å². The van der Waals surface area contributed by atoms with Gasteiger partial charge in [0.15, 0.2) is 6.10 Å². The minimum absolute atomic E-state index is 0.310. The van der Waals surface area contributed by atoms with Crippen LogP contribution in [0.15, 0.2) is 54.6 Å². The Labute approximate surface area is 192 Å². The molecule has 0 aliphatic rings. The first kappa shape index (κ1) is 22.4. The van der Waals surface area contributed by atoms with Gasteiger partial charge in [-0.05, 0) is 61.9 Å². The summed E-state index contributed by atoms with van der Waals surface area (Å²) < 4.78 is 33.3. The van der Waals surface area contributed by atoms with Crippen molar-refractivity contribution in [1.82, 2.24) is 20.6 Å². The quantitative estimate of drug-likeness (QED) is 0.418. The van der Waals surface area contributed by atoms with Crippen LogP contribution in [-0.2, 0) is 11.3 Å². The number of ether oxygens (including phenoxy) is 1. The van der Waals surface area contributed by atoms with Crippen LogP contribution in [0.1, 0.15) is 27.9 Å². The van der Waals surface area contributed by atoms with Gasteiger partial charge in [-0.3, -0.25) is 25.1 Å². The molecule has 0 aliphatic heterocycles. The van der Waals surface area contributed by atoms with Gasteiger partial charge in [-0.15, -0.1) is 11.3 Å². The SMILES string of the molecule is Cc1nn(Cc2ccc(F)cc2)c2sc(C(=O)NNC(=O)C(C)Oc3ccc(F)cc3)cc12. The van der Waals surface area contributed by atoms with Crippen LogP contribution in [0.4, 0.5) is 8.78 Å². The number of nitrogens with zero attached hydrogens (tertiary/aromatic N) is 2. The molecule has 1 unspecified atom stereocenters. The lowest BCUT2D eigenvalue weighted by Crippen LogP contribution is -2.47. The Morgan fingerprint density at radius 2 is 1.70 bits per heavy atom. The molecule has 0 bridgehead atoms. The van der Waals surface area contributed by atoms with Crippen molar-refractivity contribution in [2.75, 3.05) is 0 Å². The first-order valence-corrected chi connectivity index (χ1v) is 10.9. The van der Waals surface area contributed by atoms with E-state index in [-0.39, 0.29) is 5.82 Å². The third-order valence-electron chi connectivity index (χ3n) is 4.87. The number of carbonyl (C=O) groups is 2. The average Bonchev–Trinajstić information content (AvgIpc) is 3.36. The van der Waals surface area contributed by atoms with E-state index in [9.17, 15) is 18.4 Å². The smallest absolute Gasteiger partial charge is 0.279 e. The van der Waals surface area contributed by atoms with E-state index >= 15 is 0 Å². The number of benzene rings is 2. The number of halogens is 2. The van der Waals surface area contributed by atoms with E-state index in [1.165, 1.54) is 54.7 Å². The number of carbonyl (C=O) groups excluding carboxylic acids is 2. The Bertz CT molecular complexity index is 1300. The lowest BCUT2D eigenvalue weighted by molar-refractivity contribution is -0.128. The molecule has 2 amide bonds. The van der Waals surface area contributed by atoms with Crippen LogP contribution in [0.2, 0.25) is 0 Å². The second-order valence-electron chi connectivity index (χ2n) is 7.36. The molecule has 0 radical (unpaired) electrons. The molecule has 33 heavy (non-hydrogen) atoms. The van der Waals surface area contributed by atoms with Crippen LogP contribution in [0.25, 0.3) is 10.2 Å². The van der Waals surface area contributed by atoms with Crippen molar-refractivity contribution in [2.45, 2.75) is 26.5 Å². The molecule has 0 spiro atoms. The highest BCUT2D eigenvalue weighted by molar-refractivity contribution is 7.20. The van der Waals surface area contributed by atoms with Gasteiger partial charge in [-0.2, -0.15) is 5.10 Å². The highest BCUT2D eigenvalue weighted by Crippen LogP contribution is 2.28. The summed E-state index contributed by atoms with van der Waals surface area (Å²) in [5, 5.41) is 5.33. The number of hydrazine groups is 1. The van der Waals surface area contributed by atoms with Gasteiger partial charge in [-0.1, -0.05) is 12.1 Å². The third-order valence-corrected chi connectivity index (χ3v) is 6.02. The number of nitrogens with one attached hydrogen (secondary N) is 2. The van der Waals surface area contributed by atoms with Gasteiger partial charge < -0.3 is 4.74 Å². The van der Waals surface area contributed by atoms with E-state index < -0.39 is 23.7 Å². The van der Waals surface area contributed by atoms with Crippen molar-refractivity contribution in [2.24, 2.45) is 0 Å². The summed E-state index contributed by atoms with van der Waals surface area (Å²) in [6.45, 7) is 3.78. The summed E-state index contributed by atoms with van der Waals surface area (Å²) in [5.41, 5.74) is 6.35. The fraction of sp³-hybridized carbons (Fsp3) is 0.174. The standard InChI is InChI=1S/C23H20F2N4O3S/c1-13-19-11-20(33-23(19)29(28-13)12-15-3-5-16(24)6-4-15)22(31)27-26-21(30)14(2)32-18-9-7-17(25)8-10-18/h3-11,14H,12H2,1-2H3,(H,26,30)(H,27,31). The van der Waals surface area contributed by atoms with Gasteiger partial charge in [0.25, 0.3) is 11.8 Å². The molecule has 0 saturated carbocycles. The Morgan fingerprint density at radius 1 is 1.06 bits per heavy atom. The second-order valence-corrected chi connectivity index (χ2v) is 8.39. The average molecular weight is 471 g/mol. The summed E-state index contributed by atoms with van der Waals surface area (Å²) in [6.07, 6.45) is -0.912. The summed E-state index contributed by atoms with van der Waals surface area (Å²) in [7, 11) is 0. The molecule has 0 fully saturated rings. The molecule has 1 atom stereocenters. The number of aryl methyl sites for hydroxylation is 1. The predicted molar refractivity (Wildman–Crippen MR) is 120 cm³/mol. The van der Waals surface area contributed by atoms with Crippen LogP contribution < -0.4 is 15.6 Å². The largest absolute Gasteiger partial charge is 0.481 e. The number of hydrogen-bond acceptors (Lipinski definition) is 5. The van der Waals surface area contributed by atoms with Crippen LogP contribution in [0, 0.1) is 18.6 Å². The van der Waals surface area contributed by atoms with Gasteiger partial charge in [0.05, 0.1) is 17.1 Å². The van der Waals surface area contributed by atoms with Crippen LogP contribution >= 0.6 is 11.3 Å². The third kappa shape index (κ3) is 5.17. The van der Waals surface area contributed by atoms with Crippen molar-refractivity contribution in [3.05, 3.63) is 82.4 Å². The summed E-state index contributed by atoms with van der Waals surface area (Å²) in [6, 6.07) is 13.1. The fourth-order valence-electron chi connectivity index (χ4n) is 3.15. The molecular weight excluding hydrogens is 450 g/mol. The zero-order valence-electron chi connectivity index (χ0n) is 17.8. The van der Waals surface area contributed by atoms with Crippen molar-refractivity contribution in [3.63, 3.8) is 0 Å². The maximum Gasteiger partial charge on any atom is 0.279 e. The number of hydrogen-bond donors (Lipinski definition) is 2. The highest BCUT2D eigenvalue weighted by atomic mass is 32.1. The maximum atomic E-state index is 13.2. The molecule has 4 aromatic rings. The first-order chi connectivity index (χ1) is 15.8. The number of thiophene rings is 1. The number of aromatic nitrogens is 2. The predicted octanol–water partition coefficient (Wildman–Crippen LogP) is 3.96. The van der Waals surface area contributed by atoms with Gasteiger partial charge in [0.1, 0.15) is 22.2 Å². The summed E-state index contributed by atoms with van der Waals surface area (Å²) >= 11 is 1.24.